The monoisotopic (exact) mass is 292 g/mol. The summed E-state index contributed by atoms with van der Waals surface area (Å²) in [4.78, 5) is 21.9. The minimum absolute atomic E-state index is 0.0330. The van der Waals surface area contributed by atoms with Crippen molar-refractivity contribution in [2.24, 2.45) is 17.4 Å². The number of nitrogens with zero attached hydrogens (tertiary/aromatic N) is 1. The van der Waals surface area contributed by atoms with Gasteiger partial charge in [-0.25, -0.2) is 0 Å². The van der Waals surface area contributed by atoms with E-state index in [0.29, 0.717) is 18.2 Å². The van der Waals surface area contributed by atoms with E-state index < -0.39 is 10.8 Å². The van der Waals surface area contributed by atoms with Crippen LogP contribution in [0.2, 0.25) is 0 Å². The minimum Gasteiger partial charge on any atom is -0.375 e. The highest BCUT2D eigenvalue weighted by molar-refractivity contribution is 5.94. The van der Waals surface area contributed by atoms with Crippen LogP contribution in [0.25, 0.3) is 0 Å². The van der Waals surface area contributed by atoms with Crippen LogP contribution in [0.1, 0.15) is 36.0 Å². The number of nitro benzene ring substituents is 1. The second kappa shape index (κ2) is 6.53. The lowest BCUT2D eigenvalue weighted by atomic mass is 9.97. The van der Waals surface area contributed by atoms with Crippen molar-refractivity contribution in [3.05, 3.63) is 33.9 Å². The number of rotatable bonds is 6. The summed E-state index contributed by atoms with van der Waals surface area (Å²) in [5.74, 6) is -0.204. The summed E-state index contributed by atoms with van der Waals surface area (Å²) in [6, 6.07) is 4.05. The van der Waals surface area contributed by atoms with Gasteiger partial charge in [0.05, 0.1) is 4.92 Å². The Morgan fingerprint density at radius 1 is 1.43 bits per heavy atom. The Morgan fingerprint density at radius 3 is 2.62 bits per heavy atom. The Morgan fingerprint density at radius 2 is 2.10 bits per heavy atom. The Labute approximate surface area is 122 Å². The van der Waals surface area contributed by atoms with Crippen molar-refractivity contribution in [3.8, 4) is 0 Å². The van der Waals surface area contributed by atoms with E-state index in [1.807, 2.05) is 0 Å². The molecule has 21 heavy (non-hydrogen) atoms. The molecule has 1 fully saturated rings. The van der Waals surface area contributed by atoms with Crippen LogP contribution in [0.3, 0.4) is 0 Å². The zero-order chi connectivity index (χ0) is 15.4. The van der Waals surface area contributed by atoms with Crippen molar-refractivity contribution in [1.29, 1.82) is 0 Å². The number of nitro groups is 1. The van der Waals surface area contributed by atoms with Gasteiger partial charge in [-0.15, -0.1) is 0 Å². The molecule has 1 saturated carbocycles. The van der Waals surface area contributed by atoms with Crippen LogP contribution in [0, 0.1) is 16.0 Å². The summed E-state index contributed by atoms with van der Waals surface area (Å²) in [6.45, 7) is 0.391. The molecule has 1 aromatic carbocycles. The van der Waals surface area contributed by atoms with E-state index in [0.717, 1.165) is 25.7 Å². The van der Waals surface area contributed by atoms with Crippen LogP contribution in [0.5, 0.6) is 0 Å². The van der Waals surface area contributed by atoms with Gasteiger partial charge >= 0.3 is 0 Å². The van der Waals surface area contributed by atoms with Crippen LogP contribution >= 0.6 is 0 Å². The largest absolute Gasteiger partial charge is 0.375 e. The third kappa shape index (κ3) is 3.49. The Kier molecular flexibility index (Phi) is 4.74. The fraction of sp³-hybridized carbons (Fsp3) is 0.500. The molecule has 2 rings (SSSR count). The van der Waals surface area contributed by atoms with Crippen LogP contribution in [-0.2, 0) is 0 Å². The molecule has 1 aliphatic rings. The zero-order valence-electron chi connectivity index (χ0n) is 11.7. The molecule has 1 atom stereocenters. The van der Waals surface area contributed by atoms with E-state index in [9.17, 15) is 14.9 Å². The first-order chi connectivity index (χ1) is 10.0. The van der Waals surface area contributed by atoms with E-state index in [1.54, 1.807) is 0 Å². The Balaban J connectivity index is 2.28. The van der Waals surface area contributed by atoms with E-state index in [-0.39, 0.29) is 17.3 Å². The van der Waals surface area contributed by atoms with E-state index >= 15 is 0 Å². The number of primary amides is 1. The summed E-state index contributed by atoms with van der Waals surface area (Å²) < 4.78 is 0. The number of anilines is 1. The predicted molar refractivity (Wildman–Crippen MR) is 80.0 cm³/mol. The maximum atomic E-state index is 11.2. The third-order valence-corrected chi connectivity index (χ3v) is 4.04. The highest BCUT2D eigenvalue weighted by Gasteiger charge is 2.26. The third-order valence-electron chi connectivity index (χ3n) is 4.04. The summed E-state index contributed by atoms with van der Waals surface area (Å²) >= 11 is 0. The molecule has 1 amide bonds. The van der Waals surface area contributed by atoms with Crippen LogP contribution in [-0.4, -0.2) is 23.4 Å². The number of benzene rings is 1. The van der Waals surface area contributed by atoms with Gasteiger partial charge in [-0.05, 0) is 30.9 Å². The van der Waals surface area contributed by atoms with Gasteiger partial charge in [-0.3, -0.25) is 14.9 Å². The molecule has 0 spiro atoms. The molecule has 1 aliphatic carbocycles. The smallest absolute Gasteiger partial charge is 0.292 e. The standard InChI is InChI=1S/C14H20N4O3/c15-8-12(9-3-1-2-4-9)17-11-7-10(14(16)19)5-6-13(11)18(20)21/h5-7,9,12,17H,1-4,8,15H2,(H2,16,19). The average molecular weight is 292 g/mol. The number of carbonyl (C=O) groups excluding carboxylic acids is 1. The van der Waals surface area contributed by atoms with Crippen molar-refractivity contribution >= 4 is 17.3 Å². The lowest BCUT2D eigenvalue weighted by Gasteiger charge is -2.24. The van der Waals surface area contributed by atoms with Crippen molar-refractivity contribution in [2.75, 3.05) is 11.9 Å². The number of hydrogen-bond acceptors (Lipinski definition) is 5. The Hall–Kier alpha value is -2.15. The molecule has 0 saturated heterocycles. The topological polar surface area (TPSA) is 124 Å². The average Bonchev–Trinajstić information content (AvgIpc) is 2.98. The second-order valence-corrected chi connectivity index (χ2v) is 5.38. The van der Waals surface area contributed by atoms with Crippen molar-refractivity contribution in [1.82, 2.24) is 0 Å². The number of nitrogens with one attached hydrogen (secondary N) is 1. The first-order valence-electron chi connectivity index (χ1n) is 7.07. The molecule has 7 heteroatoms. The summed E-state index contributed by atoms with van der Waals surface area (Å²) in [6.07, 6.45) is 4.45. The molecule has 1 unspecified atom stereocenters. The number of carbonyl (C=O) groups is 1. The number of amides is 1. The highest BCUT2D eigenvalue weighted by atomic mass is 16.6. The molecule has 0 aromatic heterocycles. The molecule has 0 heterocycles. The lowest BCUT2D eigenvalue weighted by molar-refractivity contribution is -0.384. The lowest BCUT2D eigenvalue weighted by Crippen LogP contribution is -2.35. The first kappa shape index (κ1) is 15.2. The van der Waals surface area contributed by atoms with Crippen molar-refractivity contribution in [3.63, 3.8) is 0 Å². The van der Waals surface area contributed by atoms with Gasteiger partial charge < -0.3 is 16.8 Å². The van der Waals surface area contributed by atoms with Crippen molar-refractivity contribution < 1.29 is 9.72 Å². The van der Waals surface area contributed by atoms with Gasteiger partial charge in [-0.1, -0.05) is 12.8 Å². The molecule has 5 N–H and O–H groups in total. The van der Waals surface area contributed by atoms with E-state index in [1.165, 1.54) is 18.2 Å². The molecule has 114 valence electrons. The van der Waals surface area contributed by atoms with Gasteiger partial charge in [0.15, 0.2) is 0 Å². The minimum atomic E-state index is -0.613. The quantitative estimate of drug-likeness (QED) is 0.543. The van der Waals surface area contributed by atoms with Crippen LogP contribution in [0.15, 0.2) is 18.2 Å². The Bertz CT molecular complexity index is 541. The van der Waals surface area contributed by atoms with E-state index in [4.69, 9.17) is 11.5 Å². The normalized spacial score (nSPS) is 16.6. The van der Waals surface area contributed by atoms with Crippen LogP contribution in [0.4, 0.5) is 11.4 Å². The van der Waals surface area contributed by atoms with Gasteiger partial charge in [0, 0.05) is 24.2 Å². The second-order valence-electron chi connectivity index (χ2n) is 5.38. The maximum Gasteiger partial charge on any atom is 0.292 e. The first-order valence-corrected chi connectivity index (χ1v) is 7.07. The van der Waals surface area contributed by atoms with Gasteiger partial charge in [0.25, 0.3) is 5.69 Å². The summed E-state index contributed by atoms with van der Waals surface area (Å²) in [5.41, 5.74) is 11.5. The summed E-state index contributed by atoms with van der Waals surface area (Å²) in [5, 5.41) is 14.3. The fourth-order valence-electron chi connectivity index (χ4n) is 2.89. The summed E-state index contributed by atoms with van der Waals surface area (Å²) in [7, 11) is 0. The molecule has 1 aromatic rings. The molecule has 0 bridgehead atoms. The number of hydrogen-bond donors (Lipinski definition) is 3. The molecular formula is C14H20N4O3. The maximum absolute atomic E-state index is 11.2. The molecule has 0 radical (unpaired) electrons. The van der Waals surface area contributed by atoms with E-state index in [2.05, 4.69) is 5.32 Å². The van der Waals surface area contributed by atoms with Gasteiger partial charge in [-0.2, -0.15) is 0 Å². The molecular weight excluding hydrogens is 272 g/mol. The van der Waals surface area contributed by atoms with Gasteiger partial charge in [0.1, 0.15) is 5.69 Å². The molecule has 0 aliphatic heterocycles. The SMILES string of the molecule is NCC(Nc1cc(C(N)=O)ccc1[N+](=O)[O-])C1CCCC1. The highest BCUT2D eigenvalue weighted by Crippen LogP contribution is 2.32. The fourth-order valence-corrected chi connectivity index (χ4v) is 2.89. The number of nitrogens with two attached hydrogens (primary N) is 2. The van der Waals surface area contributed by atoms with Crippen LogP contribution < -0.4 is 16.8 Å². The predicted octanol–water partition coefficient (Wildman–Crippen LogP) is 1.62. The van der Waals surface area contributed by atoms with Crippen molar-refractivity contribution in [2.45, 2.75) is 31.7 Å². The zero-order valence-corrected chi connectivity index (χ0v) is 11.7. The molecule has 7 nitrogen and oxygen atoms in total. The van der Waals surface area contributed by atoms with Gasteiger partial charge in [0.2, 0.25) is 5.91 Å².